The average molecular weight is 587 g/mol. The molecule has 0 radical (unpaired) electrons. The summed E-state index contributed by atoms with van der Waals surface area (Å²) in [4.78, 5) is 21.9. The fourth-order valence-electron chi connectivity index (χ4n) is 3.72. The maximum absolute atomic E-state index is 14.1. The van der Waals surface area contributed by atoms with Crippen molar-refractivity contribution in [2.24, 2.45) is 0 Å². The van der Waals surface area contributed by atoms with Crippen LogP contribution in [0.15, 0.2) is 71.0 Å². The molecular weight excluding hydrogens is 570 g/mol. The fourth-order valence-corrected chi connectivity index (χ4v) is 4.59. The van der Waals surface area contributed by atoms with Gasteiger partial charge < -0.3 is 5.32 Å². The van der Waals surface area contributed by atoms with E-state index in [1.807, 2.05) is 0 Å². The molecule has 1 aromatic heterocycles. The smallest absolute Gasteiger partial charge is 0.307 e. The minimum absolute atomic E-state index is 0.0594. The van der Waals surface area contributed by atoms with Crippen LogP contribution in [0.4, 0.5) is 19.0 Å². The summed E-state index contributed by atoms with van der Waals surface area (Å²) in [7, 11) is 0. The van der Waals surface area contributed by atoms with Crippen molar-refractivity contribution in [3.05, 3.63) is 103 Å². The van der Waals surface area contributed by atoms with E-state index >= 15 is 0 Å². The van der Waals surface area contributed by atoms with Crippen LogP contribution in [-0.2, 0) is 16.9 Å². The number of hydrogen-bond acceptors (Lipinski definition) is 4. The van der Waals surface area contributed by atoms with E-state index in [9.17, 15) is 18.0 Å². The van der Waals surface area contributed by atoms with E-state index in [0.717, 1.165) is 6.08 Å². The molecule has 2 aromatic carbocycles. The molecule has 0 spiro atoms. The average Bonchev–Trinajstić information content (AvgIpc) is 3.18. The first-order valence-electron chi connectivity index (χ1n) is 10.2. The zero-order chi connectivity index (χ0) is 25.4. The lowest BCUT2D eigenvalue weighted by Gasteiger charge is -2.28. The molecule has 11 heteroatoms. The van der Waals surface area contributed by atoms with E-state index in [2.05, 4.69) is 31.7 Å². The van der Waals surface area contributed by atoms with E-state index in [4.69, 9.17) is 28.0 Å². The molecule has 1 unspecified atom stereocenters. The predicted molar refractivity (Wildman–Crippen MR) is 131 cm³/mol. The van der Waals surface area contributed by atoms with E-state index in [0.29, 0.717) is 27.1 Å². The van der Waals surface area contributed by atoms with E-state index in [-0.39, 0.29) is 33.6 Å². The molecule has 3 aromatic rings. The maximum atomic E-state index is 14.1. The van der Waals surface area contributed by atoms with Gasteiger partial charge in [-0.2, -0.15) is 13.2 Å². The van der Waals surface area contributed by atoms with Crippen molar-refractivity contribution in [1.82, 2.24) is 10.5 Å². The summed E-state index contributed by atoms with van der Waals surface area (Å²) in [6.45, 7) is 1.74. The highest BCUT2D eigenvalue weighted by molar-refractivity contribution is 9.10. The molecule has 5 nitrogen and oxygen atoms in total. The molecule has 0 aliphatic carbocycles. The largest absolute Gasteiger partial charge is 0.428 e. The fraction of sp³-hybridized carbons (Fsp3) is 0.167. The number of aromatic nitrogens is 1. The number of halogens is 6. The molecule has 1 atom stereocenters. The number of carbonyl (C=O) groups is 1. The zero-order valence-corrected chi connectivity index (χ0v) is 21.1. The lowest BCUT2D eigenvalue weighted by molar-refractivity contribution is -0.270. The lowest BCUT2D eigenvalue weighted by Crippen LogP contribution is -2.42. The molecule has 2 heterocycles. The molecule has 35 heavy (non-hydrogen) atoms. The first-order valence-corrected chi connectivity index (χ1v) is 11.7. The molecule has 0 saturated heterocycles. The van der Waals surface area contributed by atoms with Gasteiger partial charge in [0.05, 0.1) is 0 Å². The van der Waals surface area contributed by atoms with Crippen molar-refractivity contribution < 1.29 is 22.8 Å². The summed E-state index contributed by atoms with van der Waals surface area (Å²) in [5.41, 5.74) is 1.36. The Balaban J connectivity index is 1.57. The van der Waals surface area contributed by atoms with Crippen molar-refractivity contribution in [3.63, 3.8) is 0 Å². The molecule has 1 aliphatic rings. The number of rotatable bonds is 5. The predicted octanol–water partition coefficient (Wildman–Crippen LogP) is 7.13. The Kier molecular flexibility index (Phi) is 7.15. The van der Waals surface area contributed by atoms with Gasteiger partial charge in [-0.1, -0.05) is 41.4 Å². The highest BCUT2D eigenvalue weighted by Crippen LogP contribution is 2.47. The number of pyridine rings is 1. The number of allylic oxidation sites excluding steroid dienone is 1. The minimum atomic E-state index is -4.78. The van der Waals surface area contributed by atoms with Gasteiger partial charge in [-0.25, -0.2) is 4.98 Å². The van der Waals surface area contributed by atoms with Crippen LogP contribution in [-0.4, -0.2) is 17.1 Å². The van der Waals surface area contributed by atoms with Crippen molar-refractivity contribution in [2.45, 2.75) is 25.1 Å². The second-order valence-corrected chi connectivity index (χ2v) is 9.58. The van der Waals surface area contributed by atoms with Crippen molar-refractivity contribution in [3.8, 4) is 0 Å². The summed E-state index contributed by atoms with van der Waals surface area (Å²) in [5.74, 6) is 0.0324. The molecular formula is C24H17BrCl2F3N3O2. The molecule has 0 fully saturated rings. The van der Waals surface area contributed by atoms with Gasteiger partial charge >= 0.3 is 6.18 Å². The number of alkyl halides is 3. The van der Waals surface area contributed by atoms with Gasteiger partial charge in [0, 0.05) is 33.3 Å². The molecule has 4 rings (SSSR count). The summed E-state index contributed by atoms with van der Waals surface area (Å²) in [6.07, 6.45) is -3.69. The third-order valence-corrected chi connectivity index (χ3v) is 6.20. The van der Waals surface area contributed by atoms with E-state index in [1.54, 1.807) is 43.3 Å². The second kappa shape index (κ2) is 9.81. The van der Waals surface area contributed by atoms with Crippen LogP contribution in [0.3, 0.4) is 0 Å². The maximum Gasteiger partial charge on any atom is 0.428 e. The third kappa shape index (κ3) is 5.48. The van der Waals surface area contributed by atoms with Gasteiger partial charge in [0.1, 0.15) is 10.4 Å². The van der Waals surface area contributed by atoms with Crippen LogP contribution in [0.5, 0.6) is 0 Å². The Hall–Kier alpha value is -2.59. The van der Waals surface area contributed by atoms with Crippen LogP contribution >= 0.6 is 39.1 Å². The summed E-state index contributed by atoms with van der Waals surface area (Å²) in [6, 6.07) is 13.8. The van der Waals surface area contributed by atoms with Crippen LogP contribution < -0.4 is 10.8 Å². The van der Waals surface area contributed by atoms with Crippen molar-refractivity contribution >= 4 is 50.9 Å². The standard InChI is InChI=1S/C24H17BrCl2F3N3O2/c1-13-7-14(5-6-19(13)22(34)32-21-4-2-3-20(25)31-21)8-18-12-23(35-33-18,24(28,29)30)15-9-16(26)11-17(27)10-15/h2-7,9-12,33H,8H2,1H3,(H,31,32,34). The van der Waals surface area contributed by atoms with Gasteiger partial charge in [0.2, 0.25) is 5.60 Å². The van der Waals surface area contributed by atoms with Gasteiger partial charge in [0.25, 0.3) is 5.91 Å². The zero-order valence-electron chi connectivity index (χ0n) is 18.0. The first kappa shape index (κ1) is 25.5. The number of hydrogen-bond donors (Lipinski definition) is 2. The molecule has 1 aliphatic heterocycles. The number of aryl methyl sites for hydroxylation is 1. The number of anilines is 1. The summed E-state index contributed by atoms with van der Waals surface area (Å²) >= 11 is 15.1. The topological polar surface area (TPSA) is 63.2 Å². The highest BCUT2D eigenvalue weighted by atomic mass is 79.9. The Morgan fingerprint density at radius 1 is 1.14 bits per heavy atom. The SMILES string of the molecule is Cc1cc(CC2=CC(c3cc(Cl)cc(Cl)c3)(C(F)(F)F)ON2)ccc1C(=O)Nc1cccc(Br)n1. The van der Waals surface area contributed by atoms with Crippen molar-refractivity contribution in [1.29, 1.82) is 0 Å². The quantitative estimate of drug-likeness (QED) is 0.312. The van der Waals surface area contributed by atoms with Crippen molar-refractivity contribution in [2.75, 3.05) is 5.32 Å². The second-order valence-electron chi connectivity index (χ2n) is 7.89. The lowest BCUT2D eigenvalue weighted by atomic mass is 9.91. The summed E-state index contributed by atoms with van der Waals surface area (Å²) < 4.78 is 43.0. The molecule has 1 amide bonds. The number of nitrogens with zero attached hydrogens (tertiary/aromatic N) is 1. The molecule has 182 valence electrons. The number of carbonyl (C=O) groups excluding carboxylic acids is 1. The normalized spacial score (nSPS) is 17.6. The Morgan fingerprint density at radius 2 is 1.86 bits per heavy atom. The van der Waals surface area contributed by atoms with Gasteiger partial charge in [0.15, 0.2) is 0 Å². The van der Waals surface area contributed by atoms with E-state index in [1.165, 1.54) is 18.2 Å². The van der Waals surface area contributed by atoms with Crippen LogP contribution in [0, 0.1) is 6.92 Å². The number of amides is 1. The van der Waals surface area contributed by atoms with Gasteiger partial charge in [-0.05, 0) is 76.5 Å². The molecule has 2 N–H and O–H groups in total. The van der Waals surface area contributed by atoms with Crippen LogP contribution in [0.2, 0.25) is 10.0 Å². The first-order chi connectivity index (χ1) is 16.5. The Labute approximate surface area is 217 Å². The Morgan fingerprint density at radius 3 is 2.49 bits per heavy atom. The number of hydroxylamine groups is 1. The minimum Gasteiger partial charge on any atom is -0.307 e. The van der Waals surface area contributed by atoms with Crippen LogP contribution in [0.25, 0.3) is 0 Å². The van der Waals surface area contributed by atoms with Gasteiger partial charge in [-0.15, -0.1) is 0 Å². The van der Waals surface area contributed by atoms with E-state index < -0.39 is 11.8 Å². The Bertz CT molecular complexity index is 1310. The van der Waals surface area contributed by atoms with Gasteiger partial charge in [-0.3, -0.25) is 15.1 Å². The number of nitrogens with one attached hydrogen (secondary N) is 2. The highest BCUT2D eigenvalue weighted by Gasteiger charge is 2.59. The summed E-state index contributed by atoms with van der Waals surface area (Å²) in [5, 5.41) is 2.84. The number of benzene rings is 2. The monoisotopic (exact) mass is 585 g/mol. The van der Waals surface area contributed by atoms with Crippen LogP contribution in [0.1, 0.15) is 27.0 Å². The third-order valence-electron chi connectivity index (χ3n) is 5.32. The molecule has 0 bridgehead atoms. The molecule has 0 saturated carbocycles.